The Bertz CT molecular complexity index is 858. The molecule has 34 heavy (non-hydrogen) atoms. The van der Waals surface area contributed by atoms with E-state index in [9.17, 15) is 0 Å². The number of hydrogen-bond acceptors (Lipinski definition) is 4. The van der Waals surface area contributed by atoms with E-state index in [1.165, 1.54) is 42.6 Å². The molecule has 2 aromatic carbocycles. The number of nitrogens with one attached hydrogen (secondary N) is 2. The Morgan fingerprint density at radius 3 is 2.15 bits per heavy atom. The molecule has 4 rings (SSSR count). The van der Waals surface area contributed by atoms with Gasteiger partial charge in [0.15, 0.2) is 5.96 Å². The Labute approximate surface area is 222 Å². The Morgan fingerprint density at radius 2 is 1.50 bits per heavy atom. The lowest BCUT2D eigenvalue weighted by Crippen LogP contribution is -2.43. The first-order valence-electron chi connectivity index (χ1n) is 12.4. The standard InChI is InChI=1S/C27H40N6.HI/c1-28-27(30-21-26(33-14-6-7-15-33)25-8-4-3-5-9-25)29-20-23-10-12-24(13-11-23)22-32-18-16-31(2)17-19-32;/h3-5,8-13,26H,6-7,14-22H2,1-2H3,(H2,28,29,30);1H. The highest BCUT2D eigenvalue weighted by Crippen LogP contribution is 2.24. The average Bonchev–Trinajstić information content (AvgIpc) is 3.39. The second-order valence-corrected chi connectivity index (χ2v) is 9.37. The summed E-state index contributed by atoms with van der Waals surface area (Å²) in [6.45, 7) is 9.66. The largest absolute Gasteiger partial charge is 0.354 e. The molecule has 1 atom stereocenters. The monoisotopic (exact) mass is 576 g/mol. The summed E-state index contributed by atoms with van der Waals surface area (Å²) in [5.41, 5.74) is 4.04. The van der Waals surface area contributed by atoms with Crippen LogP contribution in [0.15, 0.2) is 59.6 Å². The first-order valence-corrected chi connectivity index (χ1v) is 12.4. The zero-order valence-electron chi connectivity index (χ0n) is 20.7. The Hall–Kier alpha value is -1.68. The van der Waals surface area contributed by atoms with E-state index in [0.717, 1.165) is 51.8 Å². The summed E-state index contributed by atoms with van der Waals surface area (Å²) in [7, 11) is 4.05. The fourth-order valence-corrected chi connectivity index (χ4v) is 4.81. The van der Waals surface area contributed by atoms with Crippen molar-refractivity contribution in [3.63, 3.8) is 0 Å². The summed E-state index contributed by atoms with van der Waals surface area (Å²) in [6.07, 6.45) is 2.59. The van der Waals surface area contributed by atoms with Crippen molar-refractivity contribution in [2.45, 2.75) is 32.0 Å². The highest BCUT2D eigenvalue weighted by Gasteiger charge is 2.23. The highest BCUT2D eigenvalue weighted by atomic mass is 127. The lowest BCUT2D eigenvalue weighted by atomic mass is 10.1. The molecule has 2 N–H and O–H groups in total. The number of benzene rings is 2. The molecule has 7 heteroatoms. The molecule has 0 spiro atoms. The van der Waals surface area contributed by atoms with Crippen LogP contribution in [-0.4, -0.2) is 80.6 Å². The van der Waals surface area contributed by atoms with Crippen LogP contribution in [0.2, 0.25) is 0 Å². The smallest absolute Gasteiger partial charge is 0.191 e. The van der Waals surface area contributed by atoms with Crippen LogP contribution in [0.1, 0.15) is 35.6 Å². The minimum atomic E-state index is 0. The fraction of sp³-hybridized carbons (Fsp3) is 0.519. The van der Waals surface area contributed by atoms with Crippen LogP contribution in [0.4, 0.5) is 0 Å². The number of likely N-dealkylation sites (N-methyl/N-ethyl adjacent to an activating group) is 1. The molecule has 6 nitrogen and oxygen atoms in total. The van der Waals surface area contributed by atoms with Gasteiger partial charge in [0.1, 0.15) is 0 Å². The van der Waals surface area contributed by atoms with E-state index in [1.54, 1.807) is 0 Å². The maximum atomic E-state index is 4.46. The molecule has 0 aromatic heterocycles. The van der Waals surface area contributed by atoms with Crippen molar-refractivity contribution < 1.29 is 0 Å². The average molecular weight is 577 g/mol. The van der Waals surface area contributed by atoms with Crippen molar-refractivity contribution in [2.24, 2.45) is 4.99 Å². The summed E-state index contributed by atoms with van der Waals surface area (Å²) in [4.78, 5) is 12.0. The van der Waals surface area contributed by atoms with Gasteiger partial charge in [0.25, 0.3) is 0 Å². The van der Waals surface area contributed by atoms with Crippen molar-refractivity contribution in [2.75, 3.05) is 59.9 Å². The van der Waals surface area contributed by atoms with Crippen molar-refractivity contribution in [1.82, 2.24) is 25.3 Å². The van der Waals surface area contributed by atoms with E-state index in [2.05, 4.69) is 92.0 Å². The van der Waals surface area contributed by atoms with Gasteiger partial charge < -0.3 is 15.5 Å². The molecular formula is C27H41IN6. The third-order valence-electron chi connectivity index (χ3n) is 6.94. The zero-order chi connectivity index (χ0) is 22.9. The first kappa shape index (κ1) is 26.9. The lowest BCUT2D eigenvalue weighted by Gasteiger charge is -2.32. The minimum absolute atomic E-state index is 0. The van der Waals surface area contributed by atoms with Gasteiger partial charge in [-0.05, 0) is 49.7 Å². The molecule has 2 aliphatic rings. The number of aliphatic imine (C=N–C) groups is 1. The molecule has 2 saturated heterocycles. The van der Waals surface area contributed by atoms with Crippen molar-refractivity contribution in [3.05, 3.63) is 71.3 Å². The molecule has 0 amide bonds. The number of piperazine rings is 1. The van der Waals surface area contributed by atoms with Crippen molar-refractivity contribution in [3.8, 4) is 0 Å². The molecule has 0 bridgehead atoms. The van der Waals surface area contributed by atoms with Gasteiger partial charge in [-0.2, -0.15) is 0 Å². The van der Waals surface area contributed by atoms with Gasteiger partial charge in [-0.3, -0.25) is 14.8 Å². The maximum Gasteiger partial charge on any atom is 0.191 e. The third kappa shape index (κ3) is 7.93. The Balaban J connectivity index is 0.00000324. The summed E-state index contributed by atoms with van der Waals surface area (Å²) >= 11 is 0. The molecule has 0 radical (unpaired) electrons. The molecule has 1 unspecified atom stereocenters. The summed E-state index contributed by atoms with van der Waals surface area (Å²) < 4.78 is 0. The van der Waals surface area contributed by atoms with Crippen LogP contribution in [0.5, 0.6) is 0 Å². The zero-order valence-corrected chi connectivity index (χ0v) is 23.1. The number of guanidine groups is 1. The normalized spacial score (nSPS) is 18.9. The van der Waals surface area contributed by atoms with Crippen LogP contribution >= 0.6 is 24.0 Å². The molecule has 186 valence electrons. The van der Waals surface area contributed by atoms with E-state index in [-0.39, 0.29) is 24.0 Å². The molecule has 0 aliphatic carbocycles. The summed E-state index contributed by atoms with van der Waals surface area (Å²) in [6, 6.07) is 20.2. The number of likely N-dealkylation sites (tertiary alicyclic amines) is 1. The van der Waals surface area contributed by atoms with Crippen LogP contribution in [-0.2, 0) is 13.1 Å². The highest BCUT2D eigenvalue weighted by molar-refractivity contribution is 14.0. The predicted octanol–water partition coefficient (Wildman–Crippen LogP) is 3.55. The Kier molecular flexibility index (Phi) is 11.1. The van der Waals surface area contributed by atoms with E-state index in [4.69, 9.17) is 0 Å². The van der Waals surface area contributed by atoms with Gasteiger partial charge >= 0.3 is 0 Å². The van der Waals surface area contributed by atoms with E-state index in [0.29, 0.717) is 6.04 Å². The predicted molar refractivity (Wildman–Crippen MR) is 153 cm³/mol. The lowest BCUT2D eigenvalue weighted by molar-refractivity contribution is 0.148. The minimum Gasteiger partial charge on any atom is -0.354 e. The van der Waals surface area contributed by atoms with Gasteiger partial charge in [-0.25, -0.2) is 0 Å². The van der Waals surface area contributed by atoms with Gasteiger partial charge in [0.2, 0.25) is 0 Å². The summed E-state index contributed by atoms with van der Waals surface area (Å²) in [5.74, 6) is 0.858. The quantitative estimate of drug-likeness (QED) is 0.286. The van der Waals surface area contributed by atoms with E-state index < -0.39 is 0 Å². The van der Waals surface area contributed by atoms with Crippen molar-refractivity contribution >= 4 is 29.9 Å². The molecule has 2 heterocycles. The second-order valence-electron chi connectivity index (χ2n) is 9.37. The molecule has 0 saturated carbocycles. The SMILES string of the molecule is CN=C(NCc1ccc(CN2CCN(C)CC2)cc1)NCC(c1ccccc1)N1CCCC1.I. The van der Waals surface area contributed by atoms with Crippen LogP contribution in [0.25, 0.3) is 0 Å². The molecular weight excluding hydrogens is 535 g/mol. The van der Waals surface area contributed by atoms with Gasteiger partial charge in [-0.1, -0.05) is 54.6 Å². The van der Waals surface area contributed by atoms with Gasteiger partial charge in [-0.15, -0.1) is 24.0 Å². The van der Waals surface area contributed by atoms with Crippen LogP contribution in [0.3, 0.4) is 0 Å². The van der Waals surface area contributed by atoms with Gasteiger partial charge in [0, 0.05) is 52.9 Å². The number of halogens is 1. The Morgan fingerprint density at radius 1 is 0.853 bits per heavy atom. The molecule has 2 fully saturated rings. The van der Waals surface area contributed by atoms with Crippen LogP contribution in [0, 0.1) is 0 Å². The van der Waals surface area contributed by atoms with E-state index in [1.807, 2.05) is 7.05 Å². The third-order valence-corrected chi connectivity index (χ3v) is 6.94. The summed E-state index contributed by atoms with van der Waals surface area (Å²) in [5, 5.41) is 7.06. The number of nitrogens with zero attached hydrogens (tertiary/aromatic N) is 4. The van der Waals surface area contributed by atoms with Crippen molar-refractivity contribution in [1.29, 1.82) is 0 Å². The fourth-order valence-electron chi connectivity index (χ4n) is 4.81. The molecule has 2 aliphatic heterocycles. The number of hydrogen-bond donors (Lipinski definition) is 2. The van der Waals surface area contributed by atoms with E-state index >= 15 is 0 Å². The number of rotatable bonds is 8. The van der Waals surface area contributed by atoms with Gasteiger partial charge in [0.05, 0.1) is 6.04 Å². The second kappa shape index (κ2) is 14.0. The maximum absolute atomic E-state index is 4.46. The molecule has 2 aromatic rings. The first-order chi connectivity index (χ1) is 16.2. The van der Waals surface area contributed by atoms with Crippen LogP contribution < -0.4 is 10.6 Å². The topological polar surface area (TPSA) is 46.1 Å².